The molecule has 8 nitrogen and oxygen atoms in total. The number of carbonyl (C=O) groups excluding carboxylic acids is 1. The van der Waals surface area contributed by atoms with Crippen LogP contribution in [0.3, 0.4) is 0 Å². The monoisotopic (exact) mass is 642 g/mol. The third-order valence-electron chi connectivity index (χ3n) is 8.12. The molecule has 38 heavy (non-hydrogen) atoms. The molecule has 1 atom stereocenters. The molecule has 0 radical (unpaired) electrons. The summed E-state index contributed by atoms with van der Waals surface area (Å²) < 4.78 is 10.1. The summed E-state index contributed by atoms with van der Waals surface area (Å²) in [6.07, 6.45) is 4.91. The first kappa shape index (κ1) is 25.8. The lowest BCUT2D eigenvalue weighted by molar-refractivity contribution is -0.130. The zero-order valence-electron chi connectivity index (χ0n) is 22.1. The molecule has 1 saturated heterocycles. The van der Waals surface area contributed by atoms with Gasteiger partial charge in [-0.3, -0.25) is 4.79 Å². The van der Waals surface area contributed by atoms with Gasteiger partial charge < -0.3 is 19.5 Å². The van der Waals surface area contributed by atoms with Gasteiger partial charge in [0.1, 0.15) is 11.6 Å². The molecule has 198 valence electrons. The SMILES string of the molecule is Cc1ccc2c(cnn2PI)c1-c1c(-c2ccc(OCC(=O)N(C)C)cc2)nc(C2CC3(CNC3)C2)n1C. The number of rotatable bonds is 7. The first-order valence-electron chi connectivity index (χ1n) is 12.9. The Hall–Kier alpha value is -2.49. The van der Waals surface area contributed by atoms with Gasteiger partial charge in [0.2, 0.25) is 0 Å². The summed E-state index contributed by atoms with van der Waals surface area (Å²) in [5, 5.41) is 9.28. The zero-order valence-corrected chi connectivity index (χ0v) is 25.2. The molecule has 2 aromatic heterocycles. The van der Waals surface area contributed by atoms with Crippen LogP contribution in [0, 0.1) is 12.3 Å². The van der Waals surface area contributed by atoms with Gasteiger partial charge in [-0.2, -0.15) is 5.10 Å². The van der Waals surface area contributed by atoms with Crippen molar-refractivity contribution in [2.75, 3.05) is 33.8 Å². The Morgan fingerprint density at radius 2 is 1.95 bits per heavy atom. The Kier molecular flexibility index (Phi) is 6.73. The van der Waals surface area contributed by atoms with Crippen molar-refractivity contribution in [2.24, 2.45) is 12.5 Å². The highest BCUT2D eigenvalue weighted by atomic mass is 127. The minimum atomic E-state index is -0.0677. The maximum atomic E-state index is 12.0. The van der Waals surface area contributed by atoms with Crippen LogP contribution in [-0.2, 0) is 11.8 Å². The number of fused-ring (bicyclic) bond motifs is 1. The Morgan fingerprint density at radius 1 is 1.21 bits per heavy atom. The summed E-state index contributed by atoms with van der Waals surface area (Å²) in [6, 6.07) is 12.3. The van der Waals surface area contributed by atoms with E-state index in [2.05, 4.69) is 67.6 Å². The van der Waals surface area contributed by atoms with Gasteiger partial charge in [-0.25, -0.2) is 9.44 Å². The van der Waals surface area contributed by atoms with Crippen LogP contribution in [0.2, 0.25) is 0 Å². The van der Waals surface area contributed by atoms with Gasteiger partial charge in [0.25, 0.3) is 5.91 Å². The summed E-state index contributed by atoms with van der Waals surface area (Å²) in [7, 11) is 5.62. The number of hydrogen-bond acceptors (Lipinski definition) is 5. The fourth-order valence-electron chi connectivity index (χ4n) is 5.88. The highest BCUT2D eigenvalue weighted by molar-refractivity contribution is 14.2. The minimum Gasteiger partial charge on any atom is -0.484 e. The number of benzene rings is 2. The normalized spacial score (nSPS) is 16.8. The number of nitrogens with zero attached hydrogens (tertiary/aromatic N) is 5. The molecule has 2 aliphatic rings. The number of ether oxygens (including phenoxy) is 1. The molecule has 10 heteroatoms. The highest BCUT2D eigenvalue weighted by Gasteiger charge is 2.50. The largest absolute Gasteiger partial charge is 0.484 e. The Morgan fingerprint density at radius 3 is 2.58 bits per heavy atom. The molecule has 1 amide bonds. The number of hydrogen-bond donors (Lipinski definition) is 1. The van der Waals surface area contributed by atoms with Gasteiger partial charge in [0.15, 0.2) is 6.61 Å². The summed E-state index contributed by atoms with van der Waals surface area (Å²) in [6.45, 7) is 4.44. The van der Waals surface area contributed by atoms with Crippen LogP contribution >= 0.6 is 28.4 Å². The molecule has 3 heterocycles. The molecule has 0 bridgehead atoms. The topological polar surface area (TPSA) is 77.2 Å². The molecule has 6 rings (SSSR count). The number of carbonyl (C=O) groups is 1. The number of likely N-dealkylation sites (N-methyl/N-ethyl adjacent to an activating group) is 1. The number of amides is 1. The Balaban J connectivity index is 1.43. The maximum Gasteiger partial charge on any atom is 0.259 e. The highest BCUT2D eigenvalue weighted by Crippen LogP contribution is 2.54. The van der Waals surface area contributed by atoms with Gasteiger partial charge in [-0.05, 0) is 83.1 Å². The van der Waals surface area contributed by atoms with Crippen molar-refractivity contribution in [3.63, 3.8) is 0 Å². The van der Waals surface area contributed by atoms with E-state index in [0.717, 1.165) is 46.8 Å². The van der Waals surface area contributed by atoms with E-state index in [1.165, 1.54) is 28.9 Å². The van der Waals surface area contributed by atoms with Gasteiger partial charge >= 0.3 is 0 Å². The standard InChI is InChI=1S/C28H32IN6O2P/c1-17-5-10-22-21(13-31-35(22)38-29)24(17)26-25(18-6-8-20(9-7-18)37-14-23(36)33(2)3)32-27(34(26)4)19-11-28(12-19)15-30-16-28/h5-10,13,19,30,38H,11-12,14-16H2,1-4H3. The molecule has 1 saturated carbocycles. The number of aromatic nitrogens is 4. The van der Waals surface area contributed by atoms with E-state index in [9.17, 15) is 4.79 Å². The second kappa shape index (κ2) is 9.92. The summed E-state index contributed by atoms with van der Waals surface area (Å²) in [5.41, 5.74) is 7.15. The van der Waals surface area contributed by atoms with Gasteiger partial charge in [-0.15, -0.1) is 0 Å². The molecular formula is C28H32IN6O2P. The van der Waals surface area contributed by atoms with Crippen LogP contribution < -0.4 is 10.1 Å². The van der Waals surface area contributed by atoms with Crippen LogP contribution in [-0.4, -0.2) is 63.7 Å². The lowest BCUT2D eigenvalue weighted by Gasteiger charge is -2.54. The molecule has 2 aromatic carbocycles. The molecule has 1 aliphatic carbocycles. The van der Waals surface area contributed by atoms with E-state index in [1.807, 2.05) is 30.5 Å². The predicted octanol–water partition coefficient (Wildman–Crippen LogP) is 5.14. The van der Waals surface area contributed by atoms with Crippen LogP contribution in [0.4, 0.5) is 0 Å². The maximum absolute atomic E-state index is 12.0. The van der Waals surface area contributed by atoms with Gasteiger partial charge in [0, 0.05) is 56.7 Å². The van der Waals surface area contributed by atoms with Crippen LogP contribution in [0.25, 0.3) is 33.4 Å². The van der Waals surface area contributed by atoms with Crippen molar-refractivity contribution in [2.45, 2.75) is 25.7 Å². The van der Waals surface area contributed by atoms with E-state index in [1.54, 1.807) is 14.1 Å². The van der Waals surface area contributed by atoms with Gasteiger partial charge in [-0.1, -0.05) is 6.07 Å². The van der Waals surface area contributed by atoms with Crippen LogP contribution in [0.15, 0.2) is 42.6 Å². The van der Waals surface area contributed by atoms with Crippen LogP contribution in [0.1, 0.15) is 30.1 Å². The molecule has 1 spiro atoms. The lowest BCUT2D eigenvalue weighted by Crippen LogP contribution is -2.59. The van der Waals surface area contributed by atoms with Crippen molar-refractivity contribution < 1.29 is 9.53 Å². The molecule has 1 unspecified atom stereocenters. The fraction of sp³-hybridized carbons (Fsp3) is 0.393. The first-order chi connectivity index (χ1) is 18.3. The van der Waals surface area contributed by atoms with E-state index < -0.39 is 0 Å². The Labute approximate surface area is 237 Å². The van der Waals surface area contributed by atoms with E-state index in [0.29, 0.717) is 23.5 Å². The van der Waals surface area contributed by atoms with E-state index in [-0.39, 0.29) is 12.5 Å². The van der Waals surface area contributed by atoms with Crippen LogP contribution in [0.5, 0.6) is 5.75 Å². The quantitative estimate of drug-likeness (QED) is 0.223. The summed E-state index contributed by atoms with van der Waals surface area (Å²) in [4.78, 5) is 18.8. The smallest absolute Gasteiger partial charge is 0.259 e. The average Bonchev–Trinajstić information content (AvgIpc) is 3.42. The number of imidazole rings is 1. The zero-order chi connectivity index (χ0) is 26.6. The molecule has 2 fully saturated rings. The van der Waals surface area contributed by atoms with E-state index >= 15 is 0 Å². The van der Waals surface area contributed by atoms with Crippen molar-refractivity contribution in [3.8, 4) is 28.3 Å². The van der Waals surface area contributed by atoms with Gasteiger partial charge in [0.05, 0.1) is 29.5 Å². The molecule has 1 aliphatic heterocycles. The second-order valence-corrected chi connectivity index (χ2v) is 12.9. The molecular weight excluding hydrogens is 610 g/mol. The van der Waals surface area contributed by atoms with Crippen molar-refractivity contribution >= 4 is 45.2 Å². The Bertz CT molecular complexity index is 1510. The summed E-state index contributed by atoms with van der Waals surface area (Å²) in [5.74, 6) is 2.22. The number of halogens is 1. The third kappa shape index (κ3) is 4.32. The van der Waals surface area contributed by atoms with Crippen molar-refractivity contribution in [1.82, 2.24) is 29.3 Å². The lowest BCUT2D eigenvalue weighted by atomic mass is 9.58. The molecule has 4 aromatic rings. The minimum absolute atomic E-state index is 0.0201. The third-order valence-corrected chi connectivity index (χ3v) is 10.0. The number of nitrogens with one attached hydrogen (secondary N) is 1. The van der Waals surface area contributed by atoms with Crippen molar-refractivity contribution in [3.05, 3.63) is 54.0 Å². The van der Waals surface area contributed by atoms with Crippen molar-refractivity contribution in [1.29, 1.82) is 0 Å². The average molecular weight is 642 g/mol. The summed E-state index contributed by atoms with van der Waals surface area (Å²) >= 11 is 2.38. The number of aryl methyl sites for hydroxylation is 1. The first-order valence-corrected chi connectivity index (χ1v) is 16.9. The molecule has 1 N–H and O–H groups in total. The predicted molar refractivity (Wildman–Crippen MR) is 161 cm³/mol. The second-order valence-electron chi connectivity index (χ2n) is 10.9. The fourth-order valence-corrected chi connectivity index (χ4v) is 7.42. The van der Waals surface area contributed by atoms with E-state index in [4.69, 9.17) is 9.72 Å².